The molecule has 7 heavy (non-hydrogen) atoms. The maximum absolute atomic E-state index is 5.13. The van der Waals surface area contributed by atoms with E-state index < -0.39 is 0 Å². The lowest BCUT2D eigenvalue weighted by atomic mass is 10.5. The molecule has 4 N–H and O–H groups in total. The van der Waals surface area contributed by atoms with Gasteiger partial charge in [-0.05, 0) is 13.0 Å². The summed E-state index contributed by atoms with van der Waals surface area (Å²) in [7, 11) is 1.68. The van der Waals surface area contributed by atoms with Gasteiger partial charge in [-0.2, -0.15) is 0 Å². The fraction of sp³-hybridized carbons (Fsp3) is 1.00. The molecule has 0 aliphatic heterocycles. The molecule has 0 unspecified atom stereocenters. The summed E-state index contributed by atoms with van der Waals surface area (Å²) in [5.41, 5.74) is 5.13. The minimum Gasteiger partial charge on any atom is -0.412 e. The molecule has 0 aliphatic carbocycles. The van der Waals surface area contributed by atoms with Crippen molar-refractivity contribution in [3.05, 3.63) is 0 Å². The second-order valence-electron chi connectivity index (χ2n) is 1.14. The number of ether oxygens (including phenoxy) is 1. The highest BCUT2D eigenvalue weighted by Crippen LogP contribution is 1.70. The summed E-state index contributed by atoms with van der Waals surface area (Å²) in [6.45, 7) is 1.52. The Kier molecular flexibility index (Phi) is 13.3. The molecule has 0 aliphatic rings. The van der Waals surface area contributed by atoms with Crippen molar-refractivity contribution >= 4 is 0 Å². The fourth-order valence-corrected chi connectivity index (χ4v) is 0.228. The van der Waals surface area contributed by atoms with Crippen LogP contribution in [-0.4, -0.2) is 25.7 Å². The van der Waals surface area contributed by atoms with Crippen LogP contribution in [0.25, 0.3) is 0 Å². The van der Waals surface area contributed by atoms with Crippen LogP contribution in [0, 0.1) is 0 Å². The molecule has 46 valence electrons. The van der Waals surface area contributed by atoms with Crippen LogP contribution in [0.3, 0.4) is 0 Å². The molecule has 3 nitrogen and oxygen atoms in total. The van der Waals surface area contributed by atoms with Gasteiger partial charge >= 0.3 is 0 Å². The summed E-state index contributed by atoms with van der Waals surface area (Å²) < 4.78 is 4.70. The van der Waals surface area contributed by atoms with Crippen LogP contribution in [0.1, 0.15) is 6.42 Å². The average molecular weight is 107 g/mol. The van der Waals surface area contributed by atoms with E-state index in [-0.39, 0.29) is 5.48 Å². The summed E-state index contributed by atoms with van der Waals surface area (Å²) in [6, 6.07) is 0. The van der Waals surface area contributed by atoms with Crippen LogP contribution >= 0.6 is 0 Å². The smallest absolute Gasteiger partial charge is 0.0474 e. The summed E-state index contributed by atoms with van der Waals surface area (Å²) in [4.78, 5) is 0. The van der Waals surface area contributed by atoms with Gasteiger partial charge in [-0.25, -0.2) is 0 Å². The standard InChI is InChI=1S/C4H11NO.H2O/c1-6-4-2-3-5;/h2-5H2,1H3;1H2. The van der Waals surface area contributed by atoms with Crippen LogP contribution in [0.15, 0.2) is 0 Å². The van der Waals surface area contributed by atoms with Crippen LogP contribution in [0.4, 0.5) is 0 Å². The maximum Gasteiger partial charge on any atom is 0.0474 e. The van der Waals surface area contributed by atoms with Gasteiger partial charge in [-0.15, -0.1) is 0 Å². The van der Waals surface area contributed by atoms with Crippen molar-refractivity contribution in [1.29, 1.82) is 0 Å². The third-order valence-corrected chi connectivity index (χ3v) is 0.553. The molecule has 0 saturated carbocycles. The molecule has 0 radical (unpaired) electrons. The fourth-order valence-electron chi connectivity index (χ4n) is 0.228. The van der Waals surface area contributed by atoms with Gasteiger partial charge in [0.05, 0.1) is 0 Å². The van der Waals surface area contributed by atoms with E-state index in [1.807, 2.05) is 0 Å². The first kappa shape index (κ1) is 9.99. The summed E-state index contributed by atoms with van der Waals surface area (Å²) in [6.07, 6.45) is 0.969. The van der Waals surface area contributed by atoms with E-state index in [4.69, 9.17) is 10.5 Å². The Bertz CT molecular complexity index is 21.7. The molecule has 3 heteroatoms. The summed E-state index contributed by atoms with van der Waals surface area (Å²) in [5, 5.41) is 0. The van der Waals surface area contributed by atoms with Gasteiger partial charge in [0.25, 0.3) is 0 Å². The predicted molar refractivity (Wildman–Crippen MR) is 29.2 cm³/mol. The highest BCUT2D eigenvalue weighted by molar-refractivity contribution is 4.31. The zero-order valence-electron chi connectivity index (χ0n) is 4.61. The van der Waals surface area contributed by atoms with E-state index in [2.05, 4.69) is 0 Å². The Morgan fingerprint density at radius 3 is 2.29 bits per heavy atom. The molecule has 0 aromatic rings. The normalized spacial score (nSPS) is 7.71. The van der Waals surface area contributed by atoms with E-state index in [0.717, 1.165) is 19.6 Å². The van der Waals surface area contributed by atoms with Crippen LogP contribution in [-0.2, 0) is 4.74 Å². The van der Waals surface area contributed by atoms with Crippen LogP contribution in [0.2, 0.25) is 0 Å². The summed E-state index contributed by atoms with van der Waals surface area (Å²) >= 11 is 0. The van der Waals surface area contributed by atoms with E-state index >= 15 is 0 Å². The molecule has 0 rings (SSSR count). The molecule has 0 spiro atoms. The Balaban J connectivity index is 0. The van der Waals surface area contributed by atoms with Crippen molar-refractivity contribution in [2.45, 2.75) is 6.42 Å². The van der Waals surface area contributed by atoms with Crippen molar-refractivity contribution < 1.29 is 10.2 Å². The minimum absolute atomic E-state index is 0. The molecule has 0 aromatic heterocycles. The van der Waals surface area contributed by atoms with E-state index in [1.165, 1.54) is 0 Å². The number of methoxy groups -OCH3 is 1. The third-order valence-electron chi connectivity index (χ3n) is 0.553. The zero-order chi connectivity index (χ0) is 4.83. The van der Waals surface area contributed by atoms with Crippen molar-refractivity contribution in [2.24, 2.45) is 5.73 Å². The molecule has 0 heterocycles. The number of hydrogen-bond donors (Lipinski definition) is 1. The van der Waals surface area contributed by atoms with Crippen LogP contribution < -0.4 is 5.73 Å². The minimum atomic E-state index is 0. The largest absolute Gasteiger partial charge is 0.412 e. The van der Waals surface area contributed by atoms with Gasteiger partial charge in [-0.1, -0.05) is 0 Å². The van der Waals surface area contributed by atoms with E-state index in [1.54, 1.807) is 7.11 Å². The lowest BCUT2D eigenvalue weighted by molar-refractivity contribution is 0.197. The Labute approximate surface area is 43.8 Å². The molecule has 0 aromatic carbocycles. The second kappa shape index (κ2) is 9.30. The van der Waals surface area contributed by atoms with Gasteiger partial charge in [0, 0.05) is 13.7 Å². The number of rotatable bonds is 3. The van der Waals surface area contributed by atoms with Crippen LogP contribution in [0.5, 0.6) is 0 Å². The first-order valence-corrected chi connectivity index (χ1v) is 2.11. The lowest BCUT2D eigenvalue weighted by Crippen LogP contribution is -2.01. The Morgan fingerprint density at radius 2 is 2.14 bits per heavy atom. The first-order chi connectivity index (χ1) is 2.91. The van der Waals surface area contributed by atoms with Crippen molar-refractivity contribution in [2.75, 3.05) is 20.3 Å². The maximum atomic E-state index is 5.13. The first-order valence-electron chi connectivity index (χ1n) is 2.11. The average Bonchev–Trinajstić information content (AvgIpc) is 1.61. The topological polar surface area (TPSA) is 66.8 Å². The quantitative estimate of drug-likeness (QED) is 0.478. The molecule has 0 fully saturated rings. The molecular weight excluding hydrogens is 94.0 g/mol. The van der Waals surface area contributed by atoms with Gasteiger partial charge in [-0.3, -0.25) is 0 Å². The van der Waals surface area contributed by atoms with E-state index in [0.29, 0.717) is 0 Å². The van der Waals surface area contributed by atoms with Gasteiger partial charge in [0.1, 0.15) is 0 Å². The monoisotopic (exact) mass is 107 g/mol. The van der Waals surface area contributed by atoms with Crippen molar-refractivity contribution in [1.82, 2.24) is 0 Å². The summed E-state index contributed by atoms with van der Waals surface area (Å²) in [5.74, 6) is 0. The zero-order valence-corrected chi connectivity index (χ0v) is 4.61. The number of nitrogens with two attached hydrogens (primary N) is 1. The highest BCUT2D eigenvalue weighted by atomic mass is 16.5. The Hall–Kier alpha value is -0.120. The molecule has 0 amide bonds. The molecule has 0 saturated heterocycles. The molecule has 0 atom stereocenters. The lowest BCUT2D eigenvalue weighted by Gasteiger charge is -1.89. The highest BCUT2D eigenvalue weighted by Gasteiger charge is 1.74. The molecular formula is C4H13NO2. The SMILES string of the molecule is COCCCN.O. The van der Waals surface area contributed by atoms with Gasteiger partial charge < -0.3 is 15.9 Å². The van der Waals surface area contributed by atoms with Gasteiger partial charge in [0.2, 0.25) is 0 Å². The van der Waals surface area contributed by atoms with E-state index in [9.17, 15) is 0 Å². The predicted octanol–water partition coefficient (Wildman–Crippen LogP) is -0.843. The third kappa shape index (κ3) is 10.7. The van der Waals surface area contributed by atoms with Crippen molar-refractivity contribution in [3.8, 4) is 0 Å². The Morgan fingerprint density at radius 1 is 1.57 bits per heavy atom. The molecule has 0 bridgehead atoms. The van der Waals surface area contributed by atoms with Gasteiger partial charge in [0.15, 0.2) is 0 Å². The second-order valence-corrected chi connectivity index (χ2v) is 1.14. The number of hydrogen-bond acceptors (Lipinski definition) is 2. The van der Waals surface area contributed by atoms with Crippen molar-refractivity contribution in [3.63, 3.8) is 0 Å².